The molecule has 1 unspecified atom stereocenters. The Bertz CT molecular complexity index is 493. The van der Waals surface area contributed by atoms with Crippen LogP contribution in [0, 0.1) is 0 Å². The molecule has 0 aliphatic heterocycles. The minimum atomic E-state index is -5.17. The topological polar surface area (TPSA) is 125 Å². The number of rotatable bonds is 7. The van der Waals surface area contributed by atoms with Crippen molar-refractivity contribution in [2.75, 3.05) is 19.3 Å². The van der Waals surface area contributed by atoms with Crippen LogP contribution in [0.15, 0.2) is 0 Å². The van der Waals surface area contributed by atoms with Crippen LogP contribution in [-0.4, -0.2) is 56.6 Å². The average Bonchev–Trinajstić information content (AvgIpc) is 2.24. The predicted octanol–water partition coefficient (Wildman–Crippen LogP) is -0.370. The summed E-state index contributed by atoms with van der Waals surface area (Å²) in [5, 5.41) is 11.9. The number of alkyl halides is 3. The Balaban J connectivity index is 4.34. The Hall–Kier alpha value is -1.56. The van der Waals surface area contributed by atoms with Crippen LogP contribution >= 0.6 is 0 Å². The van der Waals surface area contributed by atoms with Crippen molar-refractivity contribution in [2.45, 2.75) is 25.1 Å². The molecule has 1 atom stereocenters. The quantitative estimate of drug-likeness (QED) is 0.473. The summed E-state index contributed by atoms with van der Waals surface area (Å²) in [6.07, 6.45) is -4.13. The van der Waals surface area contributed by atoms with Gasteiger partial charge in [0.2, 0.25) is 15.6 Å². The van der Waals surface area contributed by atoms with Gasteiger partial charge in [-0.3, -0.25) is 0 Å². The summed E-state index contributed by atoms with van der Waals surface area (Å²) < 4.78 is 61.3. The summed E-state index contributed by atoms with van der Waals surface area (Å²) in [7, 11) is -3.39. The second kappa shape index (κ2) is 6.93. The van der Waals surface area contributed by atoms with E-state index in [0.29, 0.717) is 6.92 Å². The van der Waals surface area contributed by atoms with Crippen molar-refractivity contribution >= 4 is 22.0 Å². The van der Waals surface area contributed by atoms with Crippen LogP contribution in [0.4, 0.5) is 18.0 Å². The smallest absolute Gasteiger partial charge is 0.422 e. The van der Waals surface area contributed by atoms with E-state index in [1.807, 2.05) is 5.32 Å². The van der Waals surface area contributed by atoms with Crippen LogP contribution in [0.1, 0.15) is 13.3 Å². The Morgan fingerprint density at radius 1 is 1.19 bits per heavy atom. The molecule has 0 spiro atoms. The lowest BCUT2D eigenvalue weighted by atomic mass is 10.0. The summed E-state index contributed by atoms with van der Waals surface area (Å²) in [4.78, 5) is 21.9. The van der Waals surface area contributed by atoms with E-state index in [1.54, 1.807) is 0 Å². The van der Waals surface area contributed by atoms with Gasteiger partial charge in [0.05, 0.1) is 6.26 Å². The van der Waals surface area contributed by atoms with Gasteiger partial charge in [-0.1, -0.05) is 0 Å². The van der Waals surface area contributed by atoms with Crippen LogP contribution in [-0.2, 0) is 14.8 Å². The van der Waals surface area contributed by atoms with E-state index in [2.05, 4.69) is 4.72 Å². The molecule has 0 aromatic heterocycles. The Morgan fingerprint density at radius 3 is 2.10 bits per heavy atom. The van der Waals surface area contributed by atoms with Crippen molar-refractivity contribution in [3.05, 3.63) is 0 Å². The molecule has 4 N–H and O–H groups in total. The van der Waals surface area contributed by atoms with E-state index in [1.165, 1.54) is 5.32 Å². The average molecular weight is 335 g/mol. The van der Waals surface area contributed by atoms with Crippen molar-refractivity contribution in [2.24, 2.45) is 0 Å². The summed E-state index contributed by atoms with van der Waals surface area (Å²) in [5.74, 6) is -2.25. The van der Waals surface area contributed by atoms with Crippen LogP contribution in [0.25, 0.3) is 0 Å². The fourth-order valence-electron chi connectivity index (χ4n) is 1.06. The van der Waals surface area contributed by atoms with Gasteiger partial charge in [-0.15, -0.1) is 0 Å². The molecule has 21 heavy (non-hydrogen) atoms. The van der Waals surface area contributed by atoms with E-state index >= 15 is 0 Å². The van der Waals surface area contributed by atoms with Gasteiger partial charge in [-0.05, 0) is 13.3 Å². The third-order valence-electron chi connectivity index (χ3n) is 2.36. The molecule has 0 saturated carbocycles. The van der Waals surface area contributed by atoms with Gasteiger partial charge < -0.3 is 15.7 Å². The lowest BCUT2D eigenvalue weighted by Crippen LogP contribution is -2.63. The van der Waals surface area contributed by atoms with Crippen molar-refractivity contribution in [1.29, 1.82) is 0 Å². The Labute approximate surface area is 119 Å². The van der Waals surface area contributed by atoms with E-state index in [9.17, 15) is 31.2 Å². The van der Waals surface area contributed by atoms with E-state index in [-0.39, 0.29) is 19.5 Å². The molecular formula is C9H16F3N3O5S. The van der Waals surface area contributed by atoms with Gasteiger partial charge in [-0.2, -0.15) is 13.2 Å². The van der Waals surface area contributed by atoms with Crippen molar-refractivity contribution in [1.82, 2.24) is 15.4 Å². The first-order valence-corrected chi connectivity index (χ1v) is 7.49. The highest BCUT2D eigenvalue weighted by molar-refractivity contribution is 7.88. The van der Waals surface area contributed by atoms with Crippen LogP contribution in [0.2, 0.25) is 0 Å². The molecule has 0 aliphatic carbocycles. The number of nitrogens with one attached hydrogen (secondary N) is 3. The minimum absolute atomic E-state index is 0.0193. The number of hydrogen-bond donors (Lipinski definition) is 4. The molecule has 2 amide bonds. The molecular weight excluding hydrogens is 319 g/mol. The highest BCUT2D eigenvalue weighted by atomic mass is 32.2. The lowest BCUT2D eigenvalue weighted by molar-refractivity contribution is -0.203. The number of amides is 2. The molecule has 0 bridgehead atoms. The number of carboxylic acid groups (broad SMARTS) is 1. The van der Waals surface area contributed by atoms with Crippen LogP contribution in [0.5, 0.6) is 0 Å². The number of hydrogen-bond acceptors (Lipinski definition) is 4. The third-order valence-corrected chi connectivity index (χ3v) is 3.09. The number of carbonyl (C=O) groups excluding carboxylic acids is 1. The number of carbonyl (C=O) groups is 2. The first-order chi connectivity index (χ1) is 9.29. The van der Waals surface area contributed by atoms with E-state index < -0.39 is 33.7 Å². The normalized spacial score (nSPS) is 15.1. The van der Waals surface area contributed by atoms with Crippen LogP contribution < -0.4 is 15.4 Å². The van der Waals surface area contributed by atoms with Crippen molar-refractivity contribution in [3.63, 3.8) is 0 Å². The number of sulfonamides is 1. The minimum Gasteiger partial charge on any atom is -0.479 e. The number of aliphatic carboxylic acids is 1. The lowest BCUT2D eigenvalue weighted by Gasteiger charge is -2.28. The first-order valence-electron chi connectivity index (χ1n) is 5.60. The molecule has 0 rings (SSSR count). The van der Waals surface area contributed by atoms with Crippen LogP contribution in [0.3, 0.4) is 0 Å². The number of halogens is 3. The Kier molecular flexibility index (Phi) is 6.42. The second-order valence-corrected chi connectivity index (χ2v) is 6.16. The molecule has 0 heterocycles. The van der Waals surface area contributed by atoms with Gasteiger partial charge >= 0.3 is 18.2 Å². The van der Waals surface area contributed by atoms with Gasteiger partial charge in [0.1, 0.15) is 0 Å². The molecule has 0 aliphatic rings. The van der Waals surface area contributed by atoms with Gasteiger partial charge in [-0.25, -0.2) is 22.7 Å². The molecule has 0 fully saturated rings. The number of urea groups is 1. The van der Waals surface area contributed by atoms with Crippen molar-refractivity contribution < 1.29 is 36.3 Å². The Morgan fingerprint density at radius 2 is 1.71 bits per heavy atom. The molecule has 0 saturated heterocycles. The zero-order valence-electron chi connectivity index (χ0n) is 11.2. The first kappa shape index (κ1) is 19.4. The fourth-order valence-corrected chi connectivity index (χ4v) is 1.58. The summed E-state index contributed by atoms with van der Waals surface area (Å²) >= 11 is 0. The second-order valence-electron chi connectivity index (χ2n) is 4.33. The van der Waals surface area contributed by atoms with E-state index in [4.69, 9.17) is 5.11 Å². The molecule has 124 valence electrons. The monoisotopic (exact) mass is 335 g/mol. The third kappa shape index (κ3) is 6.62. The SMILES string of the molecule is CC(NC(=O)NCCCNS(C)(=O)=O)(C(=O)O)C(F)(F)F. The zero-order valence-corrected chi connectivity index (χ0v) is 12.1. The summed E-state index contributed by atoms with van der Waals surface area (Å²) in [6, 6.07) is -1.32. The maximum Gasteiger partial charge on any atom is 0.422 e. The maximum absolute atomic E-state index is 12.6. The predicted molar refractivity (Wildman–Crippen MR) is 66.1 cm³/mol. The zero-order chi connectivity index (χ0) is 16.9. The fraction of sp³-hybridized carbons (Fsp3) is 0.778. The molecule has 0 radical (unpaired) electrons. The number of carboxylic acids is 1. The maximum atomic E-state index is 12.6. The largest absolute Gasteiger partial charge is 0.479 e. The van der Waals surface area contributed by atoms with E-state index in [0.717, 1.165) is 6.26 Å². The van der Waals surface area contributed by atoms with Gasteiger partial charge in [0, 0.05) is 13.1 Å². The molecule has 0 aromatic rings. The molecule has 8 nitrogen and oxygen atoms in total. The van der Waals surface area contributed by atoms with Gasteiger partial charge in [0.25, 0.3) is 0 Å². The summed E-state index contributed by atoms with van der Waals surface area (Å²) in [6.45, 7) is 0.163. The highest BCUT2D eigenvalue weighted by Gasteiger charge is 2.58. The van der Waals surface area contributed by atoms with Gasteiger partial charge in [0.15, 0.2) is 0 Å². The molecule has 0 aromatic carbocycles. The summed E-state index contributed by atoms with van der Waals surface area (Å²) in [5.41, 5.74) is -3.41. The molecule has 12 heteroatoms. The highest BCUT2D eigenvalue weighted by Crippen LogP contribution is 2.30. The van der Waals surface area contributed by atoms with Crippen molar-refractivity contribution in [3.8, 4) is 0 Å². The standard InChI is InChI=1S/C9H16F3N3O5S/c1-8(6(16)17,9(10,11)12)15-7(18)13-4-3-5-14-21(2,19)20/h14H,3-5H2,1-2H3,(H,16,17)(H2,13,15,18).